The summed E-state index contributed by atoms with van der Waals surface area (Å²) in [6, 6.07) is 37.4. The van der Waals surface area contributed by atoms with Crippen molar-refractivity contribution in [3.8, 4) is 11.1 Å². The Labute approximate surface area is 162 Å². The average molecular weight is 348 g/mol. The quantitative estimate of drug-likeness (QED) is 0.343. The van der Waals surface area contributed by atoms with Gasteiger partial charge in [-0.3, -0.25) is 0 Å². The van der Waals surface area contributed by atoms with Gasteiger partial charge in [0.2, 0.25) is 0 Å². The van der Waals surface area contributed by atoms with Gasteiger partial charge >= 0.3 is 0 Å². The fraction of sp³-hybridized carbons (Fsp3) is 0.111. The Balaban J connectivity index is 1.92. The molecule has 0 saturated heterocycles. The minimum Gasteiger partial charge on any atom is -0.0622 e. The molecule has 0 heteroatoms. The maximum atomic E-state index is 2.27. The van der Waals surface area contributed by atoms with Crippen LogP contribution in [0.5, 0.6) is 0 Å². The fourth-order valence-corrected chi connectivity index (χ4v) is 3.70. The molecule has 0 saturated carbocycles. The van der Waals surface area contributed by atoms with Gasteiger partial charge in [-0.1, -0.05) is 114 Å². The monoisotopic (exact) mass is 348 g/mol. The first-order valence-electron chi connectivity index (χ1n) is 9.50. The zero-order valence-electron chi connectivity index (χ0n) is 15.9. The van der Waals surface area contributed by atoms with Gasteiger partial charge < -0.3 is 0 Å². The van der Waals surface area contributed by atoms with E-state index in [1.165, 1.54) is 38.9 Å². The van der Waals surface area contributed by atoms with Crippen molar-refractivity contribution in [3.05, 3.63) is 131 Å². The van der Waals surface area contributed by atoms with E-state index in [2.05, 4.69) is 117 Å². The Hall–Kier alpha value is -3.12. The molecule has 4 aromatic rings. The third-order valence-electron chi connectivity index (χ3n) is 5.18. The first kappa shape index (κ1) is 17.3. The second-order valence-electron chi connectivity index (χ2n) is 7.21. The molecule has 27 heavy (non-hydrogen) atoms. The molecule has 0 aliphatic heterocycles. The van der Waals surface area contributed by atoms with Crippen LogP contribution in [0.15, 0.2) is 103 Å². The van der Waals surface area contributed by atoms with Gasteiger partial charge in [-0.25, -0.2) is 0 Å². The van der Waals surface area contributed by atoms with Crippen LogP contribution >= 0.6 is 0 Å². The van der Waals surface area contributed by atoms with Gasteiger partial charge in [0, 0.05) is 5.92 Å². The topological polar surface area (TPSA) is 0 Å². The highest BCUT2D eigenvalue weighted by Gasteiger charge is 2.20. The zero-order chi connectivity index (χ0) is 18.6. The summed E-state index contributed by atoms with van der Waals surface area (Å²) >= 11 is 0. The zero-order valence-corrected chi connectivity index (χ0v) is 15.9. The molecule has 0 spiro atoms. The molecule has 0 nitrogen and oxygen atoms in total. The summed E-state index contributed by atoms with van der Waals surface area (Å²) in [4.78, 5) is 0. The second kappa shape index (κ2) is 7.63. The number of rotatable bonds is 4. The summed E-state index contributed by atoms with van der Waals surface area (Å²) in [5.41, 5.74) is 9.13. The Bertz CT molecular complexity index is 964. The average Bonchev–Trinajstić information content (AvgIpc) is 2.72. The van der Waals surface area contributed by atoms with Crippen LogP contribution in [0.25, 0.3) is 11.1 Å². The Kier molecular flexibility index (Phi) is 4.89. The number of hydrogen-bond donors (Lipinski definition) is 0. The van der Waals surface area contributed by atoms with Crippen LogP contribution in [0.4, 0.5) is 0 Å². The highest BCUT2D eigenvalue weighted by atomic mass is 14.2. The molecule has 0 atom stereocenters. The molecular formula is C27H24. The summed E-state index contributed by atoms with van der Waals surface area (Å²) in [6.07, 6.45) is 0. The van der Waals surface area contributed by atoms with Gasteiger partial charge in [-0.2, -0.15) is 0 Å². The number of aryl methyl sites for hydroxylation is 2. The van der Waals surface area contributed by atoms with Crippen molar-refractivity contribution in [2.75, 3.05) is 0 Å². The minimum atomic E-state index is 0.211. The third-order valence-corrected chi connectivity index (χ3v) is 5.18. The van der Waals surface area contributed by atoms with Gasteiger partial charge in [-0.05, 0) is 41.7 Å². The van der Waals surface area contributed by atoms with Gasteiger partial charge in [0.05, 0.1) is 0 Å². The van der Waals surface area contributed by atoms with Crippen molar-refractivity contribution in [1.29, 1.82) is 0 Å². The van der Waals surface area contributed by atoms with Crippen molar-refractivity contribution >= 4 is 0 Å². The molecule has 0 heterocycles. The molecule has 0 amide bonds. The van der Waals surface area contributed by atoms with Gasteiger partial charge in [0.25, 0.3) is 0 Å². The van der Waals surface area contributed by atoms with E-state index in [-0.39, 0.29) is 5.92 Å². The van der Waals surface area contributed by atoms with Gasteiger partial charge in [-0.15, -0.1) is 0 Å². The van der Waals surface area contributed by atoms with Crippen molar-refractivity contribution in [2.24, 2.45) is 0 Å². The largest absolute Gasteiger partial charge is 0.0622 e. The SMILES string of the molecule is Cc1ccc(C(c2ccc(C)cc2)c2ccccc2-c2ccccc2)cc1. The molecule has 0 bridgehead atoms. The summed E-state index contributed by atoms with van der Waals surface area (Å²) in [7, 11) is 0. The highest BCUT2D eigenvalue weighted by molar-refractivity contribution is 5.70. The van der Waals surface area contributed by atoms with Crippen LogP contribution in [0.1, 0.15) is 33.7 Å². The summed E-state index contributed by atoms with van der Waals surface area (Å²) in [5.74, 6) is 0.211. The molecule has 0 fully saturated rings. The second-order valence-corrected chi connectivity index (χ2v) is 7.21. The lowest BCUT2D eigenvalue weighted by Gasteiger charge is -2.22. The standard InChI is InChI=1S/C27H24/c1-20-12-16-23(17-13-20)27(24-18-14-21(2)15-19-24)26-11-7-6-10-25(26)22-8-4-3-5-9-22/h3-19,27H,1-2H3. The predicted octanol–water partition coefficient (Wildman–Crippen LogP) is 7.15. The molecule has 0 radical (unpaired) electrons. The van der Waals surface area contributed by atoms with E-state index in [1.807, 2.05) is 0 Å². The lowest BCUT2D eigenvalue weighted by molar-refractivity contribution is 0.977. The molecule has 0 aliphatic rings. The van der Waals surface area contributed by atoms with Gasteiger partial charge in [0.15, 0.2) is 0 Å². The first-order chi connectivity index (χ1) is 13.2. The van der Waals surface area contributed by atoms with E-state index in [0.29, 0.717) is 0 Å². The highest BCUT2D eigenvalue weighted by Crippen LogP contribution is 2.38. The number of benzene rings is 4. The Morgan fingerprint density at radius 1 is 0.481 bits per heavy atom. The minimum absolute atomic E-state index is 0.211. The molecule has 0 unspecified atom stereocenters. The van der Waals surface area contributed by atoms with Crippen LogP contribution < -0.4 is 0 Å². The predicted molar refractivity (Wildman–Crippen MR) is 115 cm³/mol. The van der Waals surface area contributed by atoms with E-state index in [9.17, 15) is 0 Å². The van der Waals surface area contributed by atoms with E-state index >= 15 is 0 Å². The van der Waals surface area contributed by atoms with Crippen LogP contribution in [0.3, 0.4) is 0 Å². The van der Waals surface area contributed by atoms with E-state index in [0.717, 1.165) is 0 Å². The van der Waals surface area contributed by atoms with Crippen LogP contribution in [0.2, 0.25) is 0 Å². The van der Waals surface area contributed by atoms with Crippen molar-refractivity contribution < 1.29 is 0 Å². The fourth-order valence-electron chi connectivity index (χ4n) is 3.70. The van der Waals surface area contributed by atoms with Crippen LogP contribution in [-0.2, 0) is 0 Å². The van der Waals surface area contributed by atoms with Crippen molar-refractivity contribution in [3.63, 3.8) is 0 Å². The van der Waals surface area contributed by atoms with Gasteiger partial charge in [0.1, 0.15) is 0 Å². The molecule has 4 aromatic carbocycles. The molecule has 0 aromatic heterocycles. The Morgan fingerprint density at radius 2 is 0.963 bits per heavy atom. The molecule has 0 N–H and O–H groups in total. The van der Waals surface area contributed by atoms with Crippen LogP contribution in [-0.4, -0.2) is 0 Å². The Morgan fingerprint density at radius 3 is 1.52 bits per heavy atom. The molecule has 132 valence electrons. The van der Waals surface area contributed by atoms with E-state index in [1.54, 1.807) is 0 Å². The molecule has 0 aliphatic carbocycles. The summed E-state index contributed by atoms with van der Waals surface area (Å²) < 4.78 is 0. The molecule has 4 rings (SSSR count). The maximum absolute atomic E-state index is 2.27. The van der Waals surface area contributed by atoms with Crippen molar-refractivity contribution in [1.82, 2.24) is 0 Å². The third kappa shape index (κ3) is 3.71. The van der Waals surface area contributed by atoms with E-state index < -0.39 is 0 Å². The molecular weight excluding hydrogens is 324 g/mol. The summed E-state index contributed by atoms with van der Waals surface area (Å²) in [6.45, 7) is 4.28. The lowest BCUT2D eigenvalue weighted by atomic mass is 9.81. The smallest absolute Gasteiger partial charge is 0.0346 e. The maximum Gasteiger partial charge on any atom is 0.0346 e. The van der Waals surface area contributed by atoms with Crippen molar-refractivity contribution in [2.45, 2.75) is 19.8 Å². The normalized spacial score (nSPS) is 10.9. The summed E-state index contributed by atoms with van der Waals surface area (Å²) in [5, 5.41) is 0. The lowest BCUT2D eigenvalue weighted by Crippen LogP contribution is -2.05. The number of hydrogen-bond acceptors (Lipinski definition) is 0. The first-order valence-corrected chi connectivity index (χ1v) is 9.50. The van der Waals surface area contributed by atoms with Crippen LogP contribution in [0, 0.1) is 13.8 Å². The van der Waals surface area contributed by atoms with E-state index in [4.69, 9.17) is 0 Å².